The molecule has 0 bridgehead atoms. The first-order chi connectivity index (χ1) is 21.9. The average molecular weight is 657 g/mol. The van der Waals surface area contributed by atoms with E-state index in [-0.39, 0.29) is 25.7 Å². The second-order valence-corrected chi connectivity index (χ2v) is 13.5. The van der Waals surface area contributed by atoms with Crippen LogP contribution in [0.4, 0.5) is 0 Å². The van der Waals surface area contributed by atoms with E-state index < -0.39 is 20.0 Å². The van der Waals surface area contributed by atoms with Crippen molar-refractivity contribution in [3.8, 4) is 0 Å². The molecule has 0 fully saturated rings. The predicted molar refractivity (Wildman–Crippen MR) is 189 cm³/mol. The molecule has 0 rings (SSSR count). The van der Waals surface area contributed by atoms with Gasteiger partial charge in [-0.25, -0.2) is 4.57 Å². The first kappa shape index (κ1) is 43.7. The van der Waals surface area contributed by atoms with Gasteiger partial charge in [0.2, 0.25) is 5.91 Å². The van der Waals surface area contributed by atoms with Gasteiger partial charge in [-0.2, -0.15) is 0 Å². The Morgan fingerprint density at radius 1 is 0.711 bits per heavy atom. The highest BCUT2D eigenvalue weighted by Crippen LogP contribution is 2.43. The third-order valence-corrected chi connectivity index (χ3v) is 8.67. The molecule has 5 N–H and O–H groups in total. The highest BCUT2D eigenvalue weighted by Gasteiger charge is 2.26. The summed E-state index contributed by atoms with van der Waals surface area (Å²) in [6.07, 6.45) is 36.2. The normalized spacial score (nSPS) is 14.9. The van der Waals surface area contributed by atoms with Gasteiger partial charge >= 0.3 is 7.82 Å². The van der Waals surface area contributed by atoms with Gasteiger partial charge in [-0.15, -0.1) is 0 Å². The van der Waals surface area contributed by atoms with Crippen LogP contribution in [0.1, 0.15) is 155 Å². The van der Waals surface area contributed by atoms with Crippen LogP contribution in [0.15, 0.2) is 36.5 Å². The molecule has 0 radical (unpaired) electrons. The lowest BCUT2D eigenvalue weighted by Crippen LogP contribution is -2.45. The first-order valence-electron chi connectivity index (χ1n) is 18.1. The molecule has 0 aromatic rings. The molecule has 3 unspecified atom stereocenters. The molecule has 0 aliphatic carbocycles. The second kappa shape index (κ2) is 32.7. The van der Waals surface area contributed by atoms with E-state index >= 15 is 0 Å². The fraction of sp³-hybridized carbons (Fsp3) is 0.806. The Balaban J connectivity index is 4.42. The van der Waals surface area contributed by atoms with E-state index in [1.165, 1.54) is 70.6 Å². The summed E-state index contributed by atoms with van der Waals surface area (Å²) in [4.78, 5) is 22.5. The zero-order chi connectivity index (χ0) is 33.3. The summed E-state index contributed by atoms with van der Waals surface area (Å²) in [5.74, 6) is -0.218. The number of amides is 1. The summed E-state index contributed by atoms with van der Waals surface area (Å²) in [6.45, 7) is 4.04. The number of phosphoric ester groups is 1. The maximum atomic E-state index is 12.6. The molecule has 45 heavy (non-hydrogen) atoms. The van der Waals surface area contributed by atoms with Crippen molar-refractivity contribution in [3.05, 3.63) is 36.5 Å². The number of allylic oxidation sites excluding steroid dienone is 5. The summed E-state index contributed by atoms with van der Waals surface area (Å²) < 4.78 is 22.0. The number of nitrogens with two attached hydrogens (primary N) is 1. The molecule has 0 spiro atoms. The molecule has 0 aliphatic rings. The molecular formula is C36H69N2O6P. The molecule has 3 atom stereocenters. The van der Waals surface area contributed by atoms with Gasteiger partial charge in [-0.05, 0) is 51.4 Å². The van der Waals surface area contributed by atoms with Gasteiger partial charge < -0.3 is 21.1 Å². The Kier molecular flexibility index (Phi) is 31.7. The zero-order valence-corrected chi connectivity index (χ0v) is 29.7. The van der Waals surface area contributed by atoms with Crippen molar-refractivity contribution in [2.24, 2.45) is 5.73 Å². The van der Waals surface area contributed by atoms with Crippen molar-refractivity contribution in [2.45, 2.75) is 167 Å². The van der Waals surface area contributed by atoms with Crippen molar-refractivity contribution < 1.29 is 28.4 Å². The van der Waals surface area contributed by atoms with E-state index in [2.05, 4.69) is 43.5 Å². The molecule has 0 saturated heterocycles. The number of aliphatic hydroxyl groups excluding tert-OH is 1. The second-order valence-electron chi connectivity index (χ2n) is 12.1. The van der Waals surface area contributed by atoms with Gasteiger partial charge in [0.25, 0.3) is 0 Å². The van der Waals surface area contributed by atoms with Gasteiger partial charge in [-0.1, -0.05) is 134 Å². The van der Waals surface area contributed by atoms with Crippen molar-refractivity contribution >= 4 is 13.7 Å². The minimum atomic E-state index is -4.34. The quantitative estimate of drug-likeness (QED) is 0.0315. The number of unbranched alkanes of at least 4 members (excludes halogenated alkanes) is 17. The average Bonchev–Trinajstić information content (AvgIpc) is 3.02. The van der Waals surface area contributed by atoms with Gasteiger partial charge in [0.1, 0.15) is 0 Å². The molecule has 0 aromatic heterocycles. The Hall–Kier alpha value is -1.28. The minimum Gasteiger partial charge on any atom is -0.387 e. The molecule has 0 saturated carbocycles. The largest absolute Gasteiger partial charge is 0.472 e. The zero-order valence-electron chi connectivity index (χ0n) is 28.8. The van der Waals surface area contributed by atoms with Crippen LogP contribution in [0.25, 0.3) is 0 Å². The van der Waals surface area contributed by atoms with E-state index in [1.54, 1.807) is 6.08 Å². The van der Waals surface area contributed by atoms with Crippen LogP contribution in [0.3, 0.4) is 0 Å². The van der Waals surface area contributed by atoms with Gasteiger partial charge in [0.15, 0.2) is 0 Å². The fourth-order valence-electron chi connectivity index (χ4n) is 4.89. The fourth-order valence-corrected chi connectivity index (χ4v) is 5.65. The number of carbonyl (C=O) groups is 1. The number of hydrogen-bond acceptors (Lipinski definition) is 6. The number of phosphoric acid groups is 1. The molecule has 8 nitrogen and oxygen atoms in total. The standard InChI is InChI=1S/C36H69N2O6P/c1-3-5-7-9-11-13-15-16-17-18-20-21-23-25-27-29-35(39)34(33-44-45(41,42)43-32-31-37)38-36(40)30-28-26-24-22-19-14-12-10-8-6-4-2/h10,12,20-21,27,29,34-35,39H,3-9,11,13-19,22-26,28,30-33,37H2,1-2H3,(H,38,40)(H,41,42)/b12-10-,21-20+,29-27+. The molecule has 9 heteroatoms. The van der Waals surface area contributed by atoms with Crippen LogP contribution in [0.2, 0.25) is 0 Å². The van der Waals surface area contributed by atoms with Crippen LogP contribution >= 0.6 is 7.82 Å². The van der Waals surface area contributed by atoms with Crippen molar-refractivity contribution in [1.29, 1.82) is 0 Å². The van der Waals surface area contributed by atoms with Crippen LogP contribution in [-0.4, -0.2) is 47.8 Å². The predicted octanol–water partition coefficient (Wildman–Crippen LogP) is 9.22. The summed E-state index contributed by atoms with van der Waals surface area (Å²) >= 11 is 0. The maximum Gasteiger partial charge on any atom is 0.472 e. The summed E-state index contributed by atoms with van der Waals surface area (Å²) in [5.41, 5.74) is 5.34. The van der Waals surface area contributed by atoms with Gasteiger partial charge in [-0.3, -0.25) is 13.8 Å². The lowest BCUT2D eigenvalue weighted by molar-refractivity contribution is -0.123. The molecular weight excluding hydrogens is 587 g/mol. The van der Waals surface area contributed by atoms with Crippen molar-refractivity contribution in [3.63, 3.8) is 0 Å². The summed E-state index contributed by atoms with van der Waals surface area (Å²) in [7, 11) is -4.34. The SMILES string of the molecule is CCCC/C=C\CCCCCCCC(=O)NC(COP(=O)(O)OCCN)C(O)/C=C/CC/C=C/CCCCCCCCCCC. The van der Waals surface area contributed by atoms with Gasteiger partial charge in [0.05, 0.1) is 25.4 Å². The third-order valence-electron chi connectivity index (χ3n) is 7.69. The molecule has 264 valence electrons. The van der Waals surface area contributed by atoms with E-state index in [4.69, 9.17) is 14.8 Å². The lowest BCUT2D eigenvalue weighted by Gasteiger charge is -2.23. The smallest absolute Gasteiger partial charge is 0.387 e. The number of nitrogens with one attached hydrogen (secondary N) is 1. The summed E-state index contributed by atoms with van der Waals surface area (Å²) in [5, 5.41) is 13.5. The van der Waals surface area contributed by atoms with E-state index in [9.17, 15) is 19.4 Å². The van der Waals surface area contributed by atoms with Crippen molar-refractivity contribution in [1.82, 2.24) is 5.32 Å². The monoisotopic (exact) mass is 656 g/mol. The summed E-state index contributed by atoms with van der Waals surface area (Å²) in [6, 6.07) is -0.877. The lowest BCUT2D eigenvalue weighted by atomic mass is 10.1. The van der Waals surface area contributed by atoms with E-state index in [0.717, 1.165) is 64.2 Å². The van der Waals surface area contributed by atoms with Crippen molar-refractivity contribution in [2.75, 3.05) is 19.8 Å². The number of carbonyl (C=O) groups excluding carboxylic acids is 1. The Morgan fingerprint density at radius 3 is 1.78 bits per heavy atom. The highest BCUT2D eigenvalue weighted by atomic mass is 31.2. The van der Waals surface area contributed by atoms with Gasteiger partial charge in [0, 0.05) is 13.0 Å². The van der Waals surface area contributed by atoms with Crippen LogP contribution in [0.5, 0.6) is 0 Å². The molecule has 0 aliphatic heterocycles. The Labute approximate surface area is 276 Å². The first-order valence-corrected chi connectivity index (χ1v) is 19.6. The molecule has 0 heterocycles. The third kappa shape index (κ3) is 31.1. The maximum absolute atomic E-state index is 12.6. The van der Waals surface area contributed by atoms with E-state index in [1.807, 2.05) is 6.08 Å². The Bertz CT molecular complexity index is 804. The van der Waals surface area contributed by atoms with Crippen LogP contribution < -0.4 is 11.1 Å². The Morgan fingerprint density at radius 2 is 1.20 bits per heavy atom. The number of rotatable bonds is 33. The van der Waals surface area contributed by atoms with E-state index in [0.29, 0.717) is 6.42 Å². The molecule has 1 amide bonds. The van der Waals surface area contributed by atoms with Crippen LogP contribution in [-0.2, 0) is 18.4 Å². The minimum absolute atomic E-state index is 0.0722. The highest BCUT2D eigenvalue weighted by molar-refractivity contribution is 7.47. The number of hydrogen-bond donors (Lipinski definition) is 4. The molecule has 0 aromatic carbocycles. The van der Waals surface area contributed by atoms with Crippen LogP contribution in [0, 0.1) is 0 Å². The topological polar surface area (TPSA) is 131 Å². The number of aliphatic hydroxyl groups is 1.